The van der Waals surface area contributed by atoms with Gasteiger partial charge in [-0.3, -0.25) is 0 Å². The molecule has 0 fully saturated rings. The molecule has 0 amide bonds. The summed E-state index contributed by atoms with van der Waals surface area (Å²) < 4.78 is 18.3. The molecular weight excluding hydrogens is 176 g/mol. The molecule has 0 bridgehead atoms. The van der Waals surface area contributed by atoms with E-state index in [2.05, 4.69) is 14.2 Å². The van der Waals surface area contributed by atoms with Crippen LogP contribution in [-0.2, 0) is 0 Å². The molecule has 0 saturated heterocycles. The third-order valence-electron chi connectivity index (χ3n) is 1.58. The van der Waals surface area contributed by atoms with Gasteiger partial charge in [-0.15, -0.1) is 9.24 Å². The number of hydrogen-bond acceptors (Lipinski definition) is 2. The third-order valence-corrected chi connectivity index (χ3v) is 1.91. The highest BCUT2D eigenvalue weighted by atomic mass is 31.0. The van der Waals surface area contributed by atoms with E-state index in [9.17, 15) is 4.39 Å². The number of halogens is 1. The fourth-order valence-corrected chi connectivity index (χ4v) is 1.42. The number of oxazole rings is 1. The van der Waals surface area contributed by atoms with Crippen molar-refractivity contribution in [2.24, 2.45) is 0 Å². The standard InChI is InChI=1S/C8H7FNOP/c1-4-10-8-6(9)2-5(12)3-7(8)11-4/h2-3H,12H2,1H3. The van der Waals surface area contributed by atoms with Crippen LogP contribution in [0, 0.1) is 12.7 Å². The average Bonchev–Trinajstić information content (AvgIpc) is 2.29. The molecule has 0 aliphatic rings. The average molecular weight is 183 g/mol. The summed E-state index contributed by atoms with van der Waals surface area (Å²) in [5.74, 6) is 0.147. The predicted octanol–water partition coefficient (Wildman–Crippen LogP) is 1.78. The minimum atomic E-state index is -0.339. The first-order valence-corrected chi connectivity index (χ1v) is 4.07. The Hall–Kier alpha value is -0.950. The minimum absolute atomic E-state index is 0.304. The monoisotopic (exact) mass is 183 g/mol. The predicted molar refractivity (Wildman–Crippen MR) is 48.0 cm³/mol. The molecule has 1 aromatic carbocycles. The van der Waals surface area contributed by atoms with Crippen LogP contribution in [-0.4, -0.2) is 4.98 Å². The van der Waals surface area contributed by atoms with Crippen LogP contribution in [0.5, 0.6) is 0 Å². The quantitative estimate of drug-likeness (QED) is 0.582. The molecule has 1 heterocycles. The number of benzene rings is 1. The van der Waals surface area contributed by atoms with Crippen molar-refractivity contribution in [2.75, 3.05) is 0 Å². The Morgan fingerprint density at radius 1 is 1.50 bits per heavy atom. The lowest BCUT2D eigenvalue weighted by atomic mass is 10.3. The molecule has 4 heteroatoms. The van der Waals surface area contributed by atoms with E-state index in [-0.39, 0.29) is 5.82 Å². The fraction of sp³-hybridized carbons (Fsp3) is 0.125. The summed E-state index contributed by atoms with van der Waals surface area (Å²) in [6.07, 6.45) is 0. The van der Waals surface area contributed by atoms with Gasteiger partial charge in [0, 0.05) is 6.92 Å². The molecule has 2 rings (SSSR count). The van der Waals surface area contributed by atoms with Gasteiger partial charge in [0.15, 0.2) is 17.3 Å². The highest BCUT2D eigenvalue weighted by molar-refractivity contribution is 7.27. The second kappa shape index (κ2) is 2.53. The summed E-state index contributed by atoms with van der Waals surface area (Å²) >= 11 is 0. The second-order valence-electron chi connectivity index (χ2n) is 2.58. The number of aryl methyl sites for hydroxylation is 1. The third kappa shape index (κ3) is 1.10. The highest BCUT2D eigenvalue weighted by Crippen LogP contribution is 2.17. The first kappa shape index (κ1) is 7.69. The van der Waals surface area contributed by atoms with Crippen LogP contribution in [0.15, 0.2) is 16.5 Å². The molecule has 0 aliphatic heterocycles. The maximum absolute atomic E-state index is 13.1. The van der Waals surface area contributed by atoms with Crippen molar-refractivity contribution in [2.45, 2.75) is 6.92 Å². The van der Waals surface area contributed by atoms with E-state index in [4.69, 9.17) is 4.42 Å². The van der Waals surface area contributed by atoms with Crippen LogP contribution in [0.2, 0.25) is 0 Å². The zero-order valence-electron chi connectivity index (χ0n) is 6.47. The van der Waals surface area contributed by atoms with E-state index in [1.165, 1.54) is 6.07 Å². The van der Waals surface area contributed by atoms with Gasteiger partial charge >= 0.3 is 0 Å². The van der Waals surface area contributed by atoms with Crippen LogP contribution in [0.3, 0.4) is 0 Å². The van der Waals surface area contributed by atoms with Gasteiger partial charge in [0.05, 0.1) is 0 Å². The molecule has 0 aliphatic carbocycles. The molecule has 62 valence electrons. The van der Waals surface area contributed by atoms with Crippen LogP contribution in [0.25, 0.3) is 11.1 Å². The lowest BCUT2D eigenvalue weighted by Crippen LogP contribution is -1.91. The van der Waals surface area contributed by atoms with Crippen molar-refractivity contribution < 1.29 is 8.81 Å². The smallest absolute Gasteiger partial charge is 0.192 e. The van der Waals surface area contributed by atoms with E-state index in [1.54, 1.807) is 13.0 Å². The van der Waals surface area contributed by atoms with E-state index >= 15 is 0 Å². The Balaban J connectivity index is 2.88. The van der Waals surface area contributed by atoms with Gasteiger partial charge in [-0.25, -0.2) is 9.37 Å². The van der Waals surface area contributed by atoms with Gasteiger partial charge in [-0.05, 0) is 17.4 Å². The largest absolute Gasteiger partial charge is 0.441 e. The lowest BCUT2D eigenvalue weighted by molar-refractivity contribution is 0.561. The summed E-state index contributed by atoms with van der Waals surface area (Å²) in [5.41, 5.74) is 0.802. The van der Waals surface area contributed by atoms with Gasteiger partial charge < -0.3 is 4.42 Å². The van der Waals surface area contributed by atoms with Crippen molar-refractivity contribution in [1.29, 1.82) is 0 Å². The molecule has 12 heavy (non-hydrogen) atoms. The van der Waals surface area contributed by atoms with Crippen molar-refractivity contribution in [3.8, 4) is 0 Å². The Morgan fingerprint density at radius 3 is 3.00 bits per heavy atom. The minimum Gasteiger partial charge on any atom is -0.441 e. The van der Waals surface area contributed by atoms with Gasteiger partial charge in [-0.1, -0.05) is 0 Å². The first-order chi connectivity index (χ1) is 5.66. The summed E-state index contributed by atoms with van der Waals surface area (Å²) in [7, 11) is 2.42. The Labute approximate surface area is 71.0 Å². The van der Waals surface area contributed by atoms with Crippen molar-refractivity contribution in [3.63, 3.8) is 0 Å². The number of nitrogens with zero attached hydrogens (tertiary/aromatic N) is 1. The Kier molecular flexibility index (Phi) is 1.62. The SMILES string of the molecule is Cc1nc2c(F)cc(P)cc2o1. The molecule has 0 N–H and O–H groups in total. The Morgan fingerprint density at radius 2 is 2.25 bits per heavy atom. The van der Waals surface area contributed by atoms with Gasteiger partial charge in [0.2, 0.25) is 0 Å². The van der Waals surface area contributed by atoms with Crippen molar-refractivity contribution in [3.05, 3.63) is 23.8 Å². The fourth-order valence-electron chi connectivity index (χ4n) is 1.12. The zero-order chi connectivity index (χ0) is 8.72. The Bertz CT molecular complexity index is 438. The van der Waals surface area contributed by atoms with E-state index in [1.807, 2.05) is 0 Å². The molecule has 1 unspecified atom stereocenters. The van der Waals surface area contributed by atoms with Gasteiger partial charge in [-0.2, -0.15) is 0 Å². The number of fused-ring (bicyclic) bond motifs is 1. The normalized spacial score (nSPS) is 10.9. The molecule has 2 aromatic rings. The van der Waals surface area contributed by atoms with Gasteiger partial charge in [0.1, 0.15) is 5.52 Å². The van der Waals surface area contributed by atoms with Crippen LogP contribution in [0.1, 0.15) is 5.89 Å². The van der Waals surface area contributed by atoms with Crippen molar-refractivity contribution in [1.82, 2.24) is 4.98 Å². The summed E-state index contributed by atoms with van der Waals surface area (Å²) in [4.78, 5) is 3.90. The maximum atomic E-state index is 13.1. The highest BCUT2D eigenvalue weighted by Gasteiger charge is 2.07. The molecule has 2 nitrogen and oxygen atoms in total. The van der Waals surface area contributed by atoms with E-state index in [0.717, 1.165) is 5.30 Å². The second-order valence-corrected chi connectivity index (χ2v) is 3.25. The molecule has 0 spiro atoms. The van der Waals surface area contributed by atoms with E-state index < -0.39 is 0 Å². The topological polar surface area (TPSA) is 26.0 Å². The molecule has 1 aromatic heterocycles. The van der Waals surface area contributed by atoms with Crippen LogP contribution < -0.4 is 5.30 Å². The van der Waals surface area contributed by atoms with Gasteiger partial charge in [0.25, 0.3) is 0 Å². The molecule has 0 radical (unpaired) electrons. The number of aromatic nitrogens is 1. The van der Waals surface area contributed by atoms with Crippen molar-refractivity contribution >= 4 is 25.6 Å². The lowest BCUT2D eigenvalue weighted by Gasteiger charge is -1.91. The van der Waals surface area contributed by atoms with E-state index in [0.29, 0.717) is 17.0 Å². The van der Waals surface area contributed by atoms with Crippen LogP contribution in [0.4, 0.5) is 4.39 Å². The summed E-state index contributed by atoms with van der Waals surface area (Å²) in [6.45, 7) is 1.70. The molecular formula is C8H7FNOP. The molecule has 0 saturated carbocycles. The summed E-state index contributed by atoms with van der Waals surface area (Å²) in [5, 5.41) is 0.760. The maximum Gasteiger partial charge on any atom is 0.192 e. The van der Waals surface area contributed by atoms with Crippen LogP contribution >= 0.6 is 9.24 Å². The first-order valence-electron chi connectivity index (χ1n) is 3.49. The zero-order valence-corrected chi connectivity index (χ0v) is 7.62. The summed E-state index contributed by atoms with van der Waals surface area (Å²) in [6, 6.07) is 3.15. The number of hydrogen-bond donors (Lipinski definition) is 0. The molecule has 1 atom stereocenters. The number of rotatable bonds is 0.